The lowest BCUT2D eigenvalue weighted by atomic mass is 10.2. The van der Waals surface area contributed by atoms with Crippen molar-refractivity contribution in [2.75, 3.05) is 13.1 Å². The topological polar surface area (TPSA) is 49.3 Å². The summed E-state index contributed by atoms with van der Waals surface area (Å²) >= 11 is 0. The van der Waals surface area contributed by atoms with Gasteiger partial charge in [-0.05, 0) is 32.9 Å². The monoisotopic (exact) mass is 171 g/mol. The third kappa shape index (κ3) is 5.92. The predicted molar refractivity (Wildman–Crippen MR) is 49.2 cm³/mol. The molecule has 12 heavy (non-hydrogen) atoms. The van der Waals surface area contributed by atoms with Crippen molar-refractivity contribution < 1.29 is 9.90 Å². The van der Waals surface area contributed by atoms with Crippen LogP contribution in [0.2, 0.25) is 0 Å². The van der Waals surface area contributed by atoms with Gasteiger partial charge in [0.25, 0.3) is 0 Å². The Balaban J connectivity index is 3.40. The summed E-state index contributed by atoms with van der Waals surface area (Å²) in [6, 6.07) is 0. The number of aliphatic carboxylic acids is 1. The van der Waals surface area contributed by atoms with E-state index in [0.29, 0.717) is 5.57 Å². The standard InChI is InChI=1S/C9H17NO2/c1-3-10-7-5-4-6-8(2)9(11)12/h6,10H,3-5,7H2,1-2H3,(H,11,12). The molecular weight excluding hydrogens is 154 g/mol. The highest BCUT2D eigenvalue weighted by molar-refractivity contribution is 5.85. The first-order chi connectivity index (χ1) is 5.68. The highest BCUT2D eigenvalue weighted by atomic mass is 16.4. The summed E-state index contributed by atoms with van der Waals surface area (Å²) in [5.74, 6) is -0.821. The summed E-state index contributed by atoms with van der Waals surface area (Å²) in [5, 5.41) is 11.7. The van der Waals surface area contributed by atoms with E-state index in [0.717, 1.165) is 25.9 Å². The molecule has 0 bridgehead atoms. The van der Waals surface area contributed by atoms with Gasteiger partial charge in [0.05, 0.1) is 0 Å². The summed E-state index contributed by atoms with van der Waals surface area (Å²) in [6.45, 7) is 5.61. The van der Waals surface area contributed by atoms with Crippen molar-refractivity contribution >= 4 is 5.97 Å². The van der Waals surface area contributed by atoms with E-state index in [1.165, 1.54) is 0 Å². The van der Waals surface area contributed by atoms with Crippen molar-refractivity contribution in [2.24, 2.45) is 0 Å². The number of hydrogen-bond acceptors (Lipinski definition) is 2. The minimum Gasteiger partial charge on any atom is -0.478 e. The van der Waals surface area contributed by atoms with Gasteiger partial charge >= 0.3 is 5.97 Å². The molecule has 0 saturated heterocycles. The van der Waals surface area contributed by atoms with E-state index in [9.17, 15) is 4.79 Å². The van der Waals surface area contributed by atoms with Gasteiger partial charge in [-0.3, -0.25) is 0 Å². The van der Waals surface area contributed by atoms with Crippen molar-refractivity contribution in [3.8, 4) is 0 Å². The Hall–Kier alpha value is -0.830. The number of nitrogens with one attached hydrogen (secondary N) is 1. The van der Waals surface area contributed by atoms with Crippen LogP contribution >= 0.6 is 0 Å². The van der Waals surface area contributed by atoms with Gasteiger partial charge in [0.15, 0.2) is 0 Å². The molecular formula is C9H17NO2. The molecule has 0 unspecified atom stereocenters. The Bertz CT molecular complexity index is 164. The first-order valence-electron chi connectivity index (χ1n) is 4.29. The molecule has 0 rings (SSSR count). The number of carboxylic acid groups (broad SMARTS) is 1. The Kier molecular flexibility index (Phi) is 6.38. The van der Waals surface area contributed by atoms with Crippen molar-refractivity contribution in [2.45, 2.75) is 26.7 Å². The summed E-state index contributed by atoms with van der Waals surface area (Å²) in [6.07, 6.45) is 3.60. The van der Waals surface area contributed by atoms with E-state index in [2.05, 4.69) is 12.2 Å². The fourth-order valence-electron chi connectivity index (χ4n) is 0.810. The van der Waals surface area contributed by atoms with E-state index < -0.39 is 5.97 Å². The minimum absolute atomic E-state index is 0.437. The van der Waals surface area contributed by atoms with Gasteiger partial charge < -0.3 is 10.4 Å². The Morgan fingerprint density at radius 3 is 2.75 bits per heavy atom. The second-order valence-electron chi connectivity index (χ2n) is 2.69. The van der Waals surface area contributed by atoms with Gasteiger partial charge in [0, 0.05) is 5.57 Å². The summed E-state index contributed by atoms with van der Waals surface area (Å²) in [7, 11) is 0. The number of rotatable bonds is 6. The molecule has 0 aliphatic carbocycles. The maximum absolute atomic E-state index is 10.3. The molecule has 0 aliphatic rings. The van der Waals surface area contributed by atoms with Crippen LogP contribution in [-0.2, 0) is 4.79 Å². The van der Waals surface area contributed by atoms with Crippen LogP contribution in [0.4, 0.5) is 0 Å². The lowest BCUT2D eigenvalue weighted by Gasteiger charge is -1.98. The molecule has 0 aromatic carbocycles. The first kappa shape index (κ1) is 11.2. The smallest absolute Gasteiger partial charge is 0.330 e. The molecule has 0 spiro atoms. The molecule has 0 heterocycles. The second-order valence-corrected chi connectivity index (χ2v) is 2.69. The van der Waals surface area contributed by atoms with E-state index in [1.54, 1.807) is 13.0 Å². The molecule has 0 amide bonds. The van der Waals surface area contributed by atoms with Crippen LogP contribution in [0.15, 0.2) is 11.6 Å². The molecule has 3 nitrogen and oxygen atoms in total. The quantitative estimate of drug-likeness (QED) is 0.469. The fraction of sp³-hybridized carbons (Fsp3) is 0.667. The molecule has 2 N–H and O–H groups in total. The Labute approximate surface area is 73.5 Å². The normalized spacial score (nSPS) is 11.7. The van der Waals surface area contributed by atoms with E-state index in [1.807, 2.05) is 0 Å². The first-order valence-corrected chi connectivity index (χ1v) is 4.29. The highest BCUT2D eigenvalue weighted by Crippen LogP contribution is 1.97. The Morgan fingerprint density at radius 2 is 2.25 bits per heavy atom. The highest BCUT2D eigenvalue weighted by Gasteiger charge is 1.96. The molecule has 0 fully saturated rings. The van der Waals surface area contributed by atoms with E-state index >= 15 is 0 Å². The molecule has 0 radical (unpaired) electrons. The SMILES string of the molecule is CCNCCCC=C(C)C(=O)O. The summed E-state index contributed by atoms with van der Waals surface area (Å²) in [5.41, 5.74) is 0.437. The number of hydrogen-bond donors (Lipinski definition) is 2. The summed E-state index contributed by atoms with van der Waals surface area (Å²) < 4.78 is 0. The van der Waals surface area contributed by atoms with Crippen LogP contribution in [0.5, 0.6) is 0 Å². The molecule has 0 atom stereocenters. The zero-order chi connectivity index (χ0) is 9.40. The maximum Gasteiger partial charge on any atom is 0.330 e. The number of carboxylic acids is 1. The summed E-state index contributed by atoms with van der Waals surface area (Å²) in [4.78, 5) is 10.3. The van der Waals surface area contributed by atoms with Crippen LogP contribution in [0.1, 0.15) is 26.7 Å². The second kappa shape index (κ2) is 6.85. The molecule has 70 valence electrons. The zero-order valence-electron chi connectivity index (χ0n) is 7.76. The van der Waals surface area contributed by atoms with Crippen LogP contribution in [0.25, 0.3) is 0 Å². The molecule has 0 saturated carbocycles. The van der Waals surface area contributed by atoms with Gasteiger partial charge in [-0.1, -0.05) is 13.0 Å². The van der Waals surface area contributed by atoms with Crippen LogP contribution in [0.3, 0.4) is 0 Å². The third-order valence-corrected chi connectivity index (χ3v) is 1.60. The molecule has 0 aromatic rings. The number of allylic oxidation sites excluding steroid dienone is 1. The number of carbonyl (C=O) groups is 1. The average Bonchev–Trinajstić information content (AvgIpc) is 2.03. The van der Waals surface area contributed by atoms with Crippen molar-refractivity contribution in [3.63, 3.8) is 0 Å². The van der Waals surface area contributed by atoms with E-state index in [-0.39, 0.29) is 0 Å². The fourth-order valence-corrected chi connectivity index (χ4v) is 0.810. The van der Waals surface area contributed by atoms with Crippen molar-refractivity contribution in [1.29, 1.82) is 0 Å². The van der Waals surface area contributed by atoms with Gasteiger partial charge in [0.2, 0.25) is 0 Å². The van der Waals surface area contributed by atoms with Gasteiger partial charge in [-0.15, -0.1) is 0 Å². The van der Waals surface area contributed by atoms with E-state index in [4.69, 9.17) is 5.11 Å². The van der Waals surface area contributed by atoms with Crippen LogP contribution < -0.4 is 5.32 Å². The molecule has 0 aliphatic heterocycles. The molecule has 0 aromatic heterocycles. The zero-order valence-corrected chi connectivity index (χ0v) is 7.76. The maximum atomic E-state index is 10.3. The third-order valence-electron chi connectivity index (χ3n) is 1.60. The van der Waals surface area contributed by atoms with Crippen LogP contribution in [-0.4, -0.2) is 24.2 Å². The van der Waals surface area contributed by atoms with Crippen LogP contribution in [0, 0.1) is 0 Å². The van der Waals surface area contributed by atoms with Gasteiger partial charge in [-0.25, -0.2) is 4.79 Å². The predicted octanol–water partition coefficient (Wildman–Crippen LogP) is 1.41. The lowest BCUT2D eigenvalue weighted by Crippen LogP contribution is -2.13. The van der Waals surface area contributed by atoms with Gasteiger partial charge in [-0.2, -0.15) is 0 Å². The van der Waals surface area contributed by atoms with Crippen molar-refractivity contribution in [1.82, 2.24) is 5.32 Å². The van der Waals surface area contributed by atoms with Gasteiger partial charge in [0.1, 0.15) is 0 Å². The largest absolute Gasteiger partial charge is 0.478 e. The molecule has 3 heteroatoms. The minimum atomic E-state index is -0.821. The average molecular weight is 171 g/mol. The lowest BCUT2D eigenvalue weighted by molar-refractivity contribution is -0.132. The van der Waals surface area contributed by atoms with Crippen molar-refractivity contribution in [3.05, 3.63) is 11.6 Å². The number of unbranched alkanes of at least 4 members (excludes halogenated alkanes) is 1. The Morgan fingerprint density at radius 1 is 1.58 bits per heavy atom.